The zero-order valence-corrected chi connectivity index (χ0v) is 14.8. The molecule has 1 fully saturated rings. The lowest BCUT2D eigenvalue weighted by atomic mass is 10.1. The summed E-state index contributed by atoms with van der Waals surface area (Å²) in [4.78, 5) is 24.7. The molecule has 1 saturated heterocycles. The first kappa shape index (κ1) is 17.9. The number of aryl methyl sites for hydroxylation is 1. The van der Waals surface area contributed by atoms with Crippen molar-refractivity contribution in [2.24, 2.45) is 0 Å². The van der Waals surface area contributed by atoms with E-state index >= 15 is 0 Å². The molecule has 26 heavy (non-hydrogen) atoms. The molecular formula is C20H21NO5. The Labute approximate surface area is 152 Å². The summed E-state index contributed by atoms with van der Waals surface area (Å²) in [5.41, 5.74) is 2.22. The SMILES string of the molecule is CCOC(=O)c1cc(NC(=O)c2ccccc2C)ccc1OCC1CO1. The van der Waals surface area contributed by atoms with Gasteiger partial charge in [0.1, 0.15) is 24.0 Å². The molecule has 0 bridgehead atoms. The second kappa shape index (κ2) is 8.01. The van der Waals surface area contributed by atoms with E-state index in [9.17, 15) is 9.59 Å². The third-order valence-corrected chi connectivity index (χ3v) is 3.95. The van der Waals surface area contributed by atoms with Crippen LogP contribution in [0.2, 0.25) is 0 Å². The second-order valence-electron chi connectivity index (χ2n) is 5.97. The van der Waals surface area contributed by atoms with E-state index in [1.165, 1.54) is 0 Å². The Morgan fingerprint density at radius 3 is 2.65 bits per heavy atom. The summed E-state index contributed by atoms with van der Waals surface area (Å²) in [6.45, 7) is 4.90. The molecule has 1 atom stereocenters. The number of carbonyl (C=O) groups excluding carboxylic acids is 2. The third-order valence-electron chi connectivity index (χ3n) is 3.95. The van der Waals surface area contributed by atoms with Crippen LogP contribution < -0.4 is 10.1 Å². The third kappa shape index (κ3) is 4.40. The lowest BCUT2D eigenvalue weighted by Gasteiger charge is -2.13. The zero-order chi connectivity index (χ0) is 18.5. The van der Waals surface area contributed by atoms with Crippen LogP contribution in [0.5, 0.6) is 5.75 Å². The van der Waals surface area contributed by atoms with Crippen LogP contribution in [-0.4, -0.2) is 37.8 Å². The number of nitrogens with one attached hydrogen (secondary N) is 1. The fourth-order valence-electron chi connectivity index (χ4n) is 2.48. The summed E-state index contributed by atoms with van der Waals surface area (Å²) in [5, 5.41) is 2.81. The van der Waals surface area contributed by atoms with Gasteiger partial charge in [0, 0.05) is 11.3 Å². The van der Waals surface area contributed by atoms with E-state index < -0.39 is 5.97 Å². The van der Waals surface area contributed by atoms with Gasteiger partial charge in [0.05, 0.1) is 13.2 Å². The molecule has 0 radical (unpaired) electrons. The molecule has 1 aliphatic rings. The van der Waals surface area contributed by atoms with Crippen LogP contribution in [0.3, 0.4) is 0 Å². The number of esters is 1. The average molecular weight is 355 g/mol. The van der Waals surface area contributed by atoms with Gasteiger partial charge >= 0.3 is 5.97 Å². The Bertz CT molecular complexity index is 814. The lowest BCUT2D eigenvalue weighted by Crippen LogP contribution is -2.15. The molecule has 1 amide bonds. The molecule has 6 nitrogen and oxygen atoms in total. The van der Waals surface area contributed by atoms with Crippen LogP contribution in [0.15, 0.2) is 42.5 Å². The molecule has 136 valence electrons. The highest BCUT2D eigenvalue weighted by Crippen LogP contribution is 2.26. The van der Waals surface area contributed by atoms with E-state index in [2.05, 4.69) is 5.32 Å². The number of rotatable bonds is 7. The van der Waals surface area contributed by atoms with Crippen LogP contribution in [0.4, 0.5) is 5.69 Å². The van der Waals surface area contributed by atoms with Crippen molar-refractivity contribution < 1.29 is 23.8 Å². The molecule has 0 spiro atoms. The largest absolute Gasteiger partial charge is 0.490 e. The second-order valence-corrected chi connectivity index (χ2v) is 5.97. The molecule has 1 N–H and O–H groups in total. The van der Waals surface area contributed by atoms with Gasteiger partial charge in [-0.25, -0.2) is 4.79 Å². The van der Waals surface area contributed by atoms with Crippen molar-refractivity contribution in [2.45, 2.75) is 20.0 Å². The summed E-state index contributed by atoms with van der Waals surface area (Å²) >= 11 is 0. The normalized spacial score (nSPS) is 15.2. The van der Waals surface area contributed by atoms with Crippen molar-refractivity contribution in [2.75, 3.05) is 25.1 Å². The Hall–Kier alpha value is -2.86. The molecular weight excluding hydrogens is 334 g/mol. The number of amides is 1. The van der Waals surface area contributed by atoms with Gasteiger partial charge in [-0.1, -0.05) is 18.2 Å². The van der Waals surface area contributed by atoms with Crippen LogP contribution in [0.25, 0.3) is 0 Å². The predicted octanol–water partition coefficient (Wildman–Crippen LogP) is 3.20. The summed E-state index contributed by atoms with van der Waals surface area (Å²) in [5.74, 6) is -0.322. The Morgan fingerprint density at radius 2 is 1.96 bits per heavy atom. The minimum absolute atomic E-state index is 0.0745. The molecule has 0 aliphatic carbocycles. The molecule has 2 aromatic carbocycles. The first-order valence-electron chi connectivity index (χ1n) is 8.51. The molecule has 1 unspecified atom stereocenters. The van der Waals surface area contributed by atoms with Crippen molar-refractivity contribution in [1.29, 1.82) is 0 Å². The number of hydrogen-bond donors (Lipinski definition) is 1. The maximum absolute atomic E-state index is 12.5. The average Bonchev–Trinajstić information content (AvgIpc) is 3.45. The fraction of sp³-hybridized carbons (Fsp3) is 0.300. The van der Waals surface area contributed by atoms with Crippen molar-refractivity contribution in [3.05, 3.63) is 59.2 Å². The highest BCUT2D eigenvalue weighted by Gasteiger charge is 2.24. The summed E-state index contributed by atoms with van der Waals surface area (Å²) in [6.07, 6.45) is 0.0745. The maximum atomic E-state index is 12.5. The van der Waals surface area contributed by atoms with E-state index in [1.807, 2.05) is 25.1 Å². The van der Waals surface area contributed by atoms with Gasteiger partial charge in [0.15, 0.2) is 0 Å². The monoisotopic (exact) mass is 355 g/mol. The first-order valence-corrected chi connectivity index (χ1v) is 8.51. The number of benzene rings is 2. The van der Waals surface area contributed by atoms with Gasteiger partial charge in [0.25, 0.3) is 5.91 Å². The van der Waals surface area contributed by atoms with Crippen molar-refractivity contribution in [1.82, 2.24) is 0 Å². The minimum atomic E-state index is -0.494. The quantitative estimate of drug-likeness (QED) is 0.610. The van der Waals surface area contributed by atoms with Crippen molar-refractivity contribution in [3.63, 3.8) is 0 Å². The van der Waals surface area contributed by atoms with Gasteiger partial charge in [0.2, 0.25) is 0 Å². The van der Waals surface area contributed by atoms with E-state index in [0.717, 1.165) is 5.56 Å². The Kier molecular flexibility index (Phi) is 5.53. The molecule has 0 aromatic heterocycles. The smallest absolute Gasteiger partial charge is 0.341 e. The van der Waals surface area contributed by atoms with Gasteiger partial charge in [-0.2, -0.15) is 0 Å². The van der Waals surface area contributed by atoms with Gasteiger partial charge in [-0.3, -0.25) is 4.79 Å². The molecule has 1 heterocycles. The molecule has 0 saturated carbocycles. The van der Waals surface area contributed by atoms with Gasteiger partial charge in [-0.05, 0) is 43.7 Å². The lowest BCUT2D eigenvalue weighted by molar-refractivity contribution is 0.0521. The van der Waals surface area contributed by atoms with E-state index in [0.29, 0.717) is 30.2 Å². The molecule has 6 heteroatoms. The maximum Gasteiger partial charge on any atom is 0.341 e. The van der Waals surface area contributed by atoms with Crippen molar-refractivity contribution >= 4 is 17.6 Å². The van der Waals surface area contributed by atoms with Gasteiger partial charge < -0.3 is 19.5 Å². The highest BCUT2D eigenvalue weighted by atomic mass is 16.6. The predicted molar refractivity (Wildman–Crippen MR) is 96.8 cm³/mol. The first-order chi connectivity index (χ1) is 12.6. The van der Waals surface area contributed by atoms with Crippen LogP contribution >= 0.6 is 0 Å². The van der Waals surface area contributed by atoms with Gasteiger partial charge in [-0.15, -0.1) is 0 Å². The van der Waals surface area contributed by atoms with Crippen molar-refractivity contribution in [3.8, 4) is 5.75 Å². The number of epoxide rings is 1. The minimum Gasteiger partial charge on any atom is -0.490 e. The Balaban J connectivity index is 1.80. The van der Waals surface area contributed by atoms with Crippen LogP contribution in [-0.2, 0) is 9.47 Å². The number of carbonyl (C=O) groups is 2. The topological polar surface area (TPSA) is 77.2 Å². The fourth-order valence-corrected chi connectivity index (χ4v) is 2.48. The number of ether oxygens (including phenoxy) is 3. The summed E-state index contributed by atoms with van der Waals surface area (Å²) in [6, 6.07) is 12.2. The number of anilines is 1. The van der Waals surface area contributed by atoms with Crippen LogP contribution in [0, 0.1) is 6.92 Å². The van der Waals surface area contributed by atoms with E-state index in [1.54, 1.807) is 31.2 Å². The summed E-state index contributed by atoms with van der Waals surface area (Å²) in [7, 11) is 0. The highest BCUT2D eigenvalue weighted by molar-refractivity contribution is 6.06. The molecule has 3 rings (SSSR count). The van der Waals surface area contributed by atoms with Crippen LogP contribution in [0.1, 0.15) is 33.2 Å². The number of hydrogen-bond acceptors (Lipinski definition) is 5. The zero-order valence-electron chi connectivity index (χ0n) is 14.8. The standard InChI is InChI=1S/C20H21NO5/c1-3-24-20(23)17-10-14(8-9-18(17)26-12-15-11-25-15)21-19(22)16-7-5-4-6-13(16)2/h4-10,15H,3,11-12H2,1-2H3,(H,21,22). The van der Waals surface area contributed by atoms with E-state index in [-0.39, 0.29) is 24.2 Å². The molecule has 1 aliphatic heterocycles. The summed E-state index contributed by atoms with van der Waals surface area (Å²) < 4.78 is 15.9. The Morgan fingerprint density at radius 1 is 1.19 bits per heavy atom. The van der Waals surface area contributed by atoms with E-state index in [4.69, 9.17) is 14.2 Å². The molecule has 2 aromatic rings.